The van der Waals surface area contributed by atoms with Crippen LogP contribution in [-0.4, -0.2) is 16.2 Å². The molecule has 4 heteroatoms. The van der Waals surface area contributed by atoms with Crippen LogP contribution in [0.25, 0.3) is 0 Å². The third-order valence-electron chi connectivity index (χ3n) is 3.30. The van der Waals surface area contributed by atoms with Gasteiger partial charge in [0.1, 0.15) is 5.75 Å². The van der Waals surface area contributed by atoms with Gasteiger partial charge in [0.25, 0.3) is 0 Å². The largest absolute Gasteiger partial charge is 0.507 e. The number of carbonyl (C=O) groups is 1. The minimum absolute atomic E-state index is 0.0260. The van der Waals surface area contributed by atoms with Gasteiger partial charge < -0.3 is 15.9 Å². The molecule has 1 fully saturated rings. The maximum atomic E-state index is 11.1. The molecule has 92 valence electrons. The lowest BCUT2D eigenvalue weighted by molar-refractivity contribution is 0.0694. The van der Waals surface area contributed by atoms with Crippen LogP contribution in [0.2, 0.25) is 0 Å². The zero-order valence-corrected chi connectivity index (χ0v) is 9.81. The SMILES string of the molecule is Cc1ccc(C(=O)O)c([C@H](N)CC2CC2)c1O. The van der Waals surface area contributed by atoms with Crippen molar-refractivity contribution in [3.8, 4) is 5.75 Å². The summed E-state index contributed by atoms with van der Waals surface area (Å²) in [6, 6.07) is 2.72. The van der Waals surface area contributed by atoms with Gasteiger partial charge in [-0.25, -0.2) is 4.79 Å². The summed E-state index contributed by atoms with van der Waals surface area (Å²) >= 11 is 0. The molecular weight excluding hydrogens is 218 g/mol. The predicted octanol–water partition coefficient (Wildman–Crippen LogP) is 2.20. The van der Waals surface area contributed by atoms with E-state index < -0.39 is 12.0 Å². The van der Waals surface area contributed by atoms with Crippen molar-refractivity contribution in [3.05, 3.63) is 28.8 Å². The van der Waals surface area contributed by atoms with Gasteiger partial charge in [-0.1, -0.05) is 18.9 Å². The van der Waals surface area contributed by atoms with Crippen molar-refractivity contribution in [3.63, 3.8) is 0 Å². The fourth-order valence-corrected chi connectivity index (χ4v) is 2.11. The number of hydrogen-bond donors (Lipinski definition) is 3. The third kappa shape index (κ3) is 2.42. The minimum Gasteiger partial charge on any atom is -0.507 e. The standard InChI is InChI=1S/C13H17NO3/c1-7-2-5-9(13(16)17)11(12(7)15)10(14)6-8-3-4-8/h2,5,8,10,15H,3-4,6,14H2,1H3,(H,16,17)/t10-/m1/s1. The van der Waals surface area contributed by atoms with Crippen LogP contribution >= 0.6 is 0 Å². The molecule has 0 bridgehead atoms. The zero-order chi connectivity index (χ0) is 12.6. The van der Waals surface area contributed by atoms with E-state index in [2.05, 4.69) is 0 Å². The molecule has 0 spiro atoms. The molecular formula is C13H17NO3. The monoisotopic (exact) mass is 235 g/mol. The van der Waals surface area contributed by atoms with Crippen molar-refractivity contribution < 1.29 is 15.0 Å². The predicted molar refractivity (Wildman–Crippen MR) is 64.1 cm³/mol. The average Bonchev–Trinajstić information content (AvgIpc) is 3.05. The summed E-state index contributed by atoms with van der Waals surface area (Å²) in [5.41, 5.74) is 7.18. The number of phenols is 1. The molecule has 0 aliphatic heterocycles. The lowest BCUT2D eigenvalue weighted by Gasteiger charge is -2.17. The lowest BCUT2D eigenvalue weighted by Crippen LogP contribution is -2.16. The van der Waals surface area contributed by atoms with E-state index in [4.69, 9.17) is 10.8 Å². The Balaban J connectivity index is 2.39. The number of carboxylic acids is 1. The molecule has 0 aromatic heterocycles. The highest BCUT2D eigenvalue weighted by Gasteiger charge is 2.28. The third-order valence-corrected chi connectivity index (χ3v) is 3.30. The molecule has 0 radical (unpaired) electrons. The summed E-state index contributed by atoms with van der Waals surface area (Å²) in [5, 5.41) is 19.1. The molecule has 0 unspecified atom stereocenters. The number of aryl methyl sites for hydroxylation is 1. The van der Waals surface area contributed by atoms with E-state index in [1.807, 2.05) is 0 Å². The Hall–Kier alpha value is -1.55. The first kappa shape index (κ1) is 11.9. The van der Waals surface area contributed by atoms with E-state index in [0.29, 0.717) is 17.0 Å². The topological polar surface area (TPSA) is 83.5 Å². The second-order valence-corrected chi connectivity index (χ2v) is 4.78. The van der Waals surface area contributed by atoms with Gasteiger partial charge in [0, 0.05) is 11.6 Å². The van der Waals surface area contributed by atoms with Crippen LogP contribution in [0.4, 0.5) is 0 Å². The fraction of sp³-hybridized carbons (Fsp3) is 0.462. The Morgan fingerprint density at radius 3 is 2.71 bits per heavy atom. The Kier molecular flexibility index (Phi) is 3.07. The quantitative estimate of drug-likeness (QED) is 0.747. The highest BCUT2D eigenvalue weighted by atomic mass is 16.4. The summed E-state index contributed by atoms with van der Waals surface area (Å²) in [4.78, 5) is 11.1. The van der Waals surface area contributed by atoms with Gasteiger partial charge in [-0.3, -0.25) is 0 Å². The number of aromatic hydroxyl groups is 1. The van der Waals surface area contributed by atoms with E-state index in [0.717, 1.165) is 19.3 Å². The van der Waals surface area contributed by atoms with Crippen LogP contribution in [0.5, 0.6) is 5.75 Å². The van der Waals surface area contributed by atoms with Gasteiger partial charge in [-0.05, 0) is 30.9 Å². The normalized spacial score (nSPS) is 16.8. The number of aromatic carboxylic acids is 1. The van der Waals surface area contributed by atoms with Crippen LogP contribution in [-0.2, 0) is 0 Å². The smallest absolute Gasteiger partial charge is 0.336 e. The Morgan fingerprint density at radius 1 is 1.53 bits per heavy atom. The Morgan fingerprint density at radius 2 is 2.18 bits per heavy atom. The highest BCUT2D eigenvalue weighted by molar-refractivity contribution is 5.90. The molecule has 0 heterocycles. The number of rotatable bonds is 4. The number of phenolic OH excluding ortho intramolecular Hbond substituents is 1. The Labute approximate surface area is 100 Å². The Bertz CT molecular complexity index is 452. The second-order valence-electron chi connectivity index (χ2n) is 4.78. The zero-order valence-electron chi connectivity index (χ0n) is 9.81. The fourth-order valence-electron chi connectivity index (χ4n) is 2.11. The van der Waals surface area contributed by atoms with Crippen LogP contribution in [0.3, 0.4) is 0 Å². The number of carboxylic acid groups (broad SMARTS) is 1. The van der Waals surface area contributed by atoms with E-state index in [1.165, 1.54) is 6.07 Å². The lowest BCUT2D eigenvalue weighted by atomic mass is 9.94. The number of nitrogens with two attached hydrogens (primary N) is 1. The van der Waals surface area contributed by atoms with Crippen LogP contribution in [0, 0.1) is 12.8 Å². The van der Waals surface area contributed by atoms with Crippen molar-refractivity contribution in [2.45, 2.75) is 32.2 Å². The molecule has 1 saturated carbocycles. The molecule has 17 heavy (non-hydrogen) atoms. The van der Waals surface area contributed by atoms with E-state index >= 15 is 0 Å². The molecule has 1 aromatic rings. The molecule has 2 rings (SSSR count). The van der Waals surface area contributed by atoms with Gasteiger partial charge in [-0.15, -0.1) is 0 Å². The number of benzene rings is 1. The van der Waals surface area contributed by atoms with Crippen molar-refractivity contribution in [1.82, 2.24) is 0 Å². The maximum Gasteiger partial charge on any atom is 0.336 e. The summed E-state index contributed by atoms with van der Waals surface area (Å²) in [6.45, 7) is 1.74. The van der Waals surface area contributed by atoms with Gasteiger partial charge >= 0.3 is 5.97 Å². The average molecular weight is 235 g/mol. The van der Waals surface area contributed by atoms with Crippen molar-refractivity contribution in [2.24, 2.45) is 11.7 Å². The van der Waals surface area contributed by atoms with Gasteiger partial charge in [-0.2, -0.15) is 0 Å². The van der Waals surface area contributed by atoms with Crippen molar-refractivity contribution >= 4 is 5.97 Å². The molecule has 1 atom stereocenters. The second kappa shape index (κ2) is 4.37. The van der Waals surface area contributed by atoms with E-state index in [9.17, 15) is 9.90 Å². The summed E-state index contributed by atoms with van der Waals surface area (Å²) in [5.74, 6) is -0.425. The van der Waals surface area contributed by atoms with Crippen molar-refractivity contribution in [1.29, 1.82) is 0 Å². The van der Waals surface area contributed by atoms with E-state index in [-0.39, 0.29) is 11.3 Å². The van der Waals surface area contributed by atoms with Crippen LogP contribution < -0.4 is 5.73 Å². The number of hydrogen-bond acceptors (Lipinski definition) is 3. The van der Waals surface area contributed by atoms with E-state index in [1.54, 1.807) is 13.0 Å². The first-order valence-corrected chi connectivity index (χ1v) is 5.82. The molecule has 4 N–H and O–H groups in total. The van der Waals surface area contributed by atoms with Crippen molar-refractivity contribution in [2.75, 3.05) is 0 Å². The molecule has 0 saturated heterocycles. The molecule has 1 aliphatic carbocycles. The first-order chi connectivity index (χ1) is 8.00. The van der Waals surface area contributed by atoms with Gasteiger partial charge in [0.15, 0.2) is 0 Å². The summed E-state index contributed by atoms with van der Waals surface area (Å²) in [7, 11) is 0. The molecule has 1 aliphatic rings. The minimum atomic E-state index is -1.04. The van der Waals surface area contributed by atoms with Gasteiger partial charge in [0.2, 0.25) is 0 Å². The first-order valence-electron chi connectivity index (χ1n) is 5.82. The summed E-state index contributed by atoms with van der Waals surface area (Å²) < 4.78 is 0. The maximum absolute atomic E-state index is 11.1. The van der Waals surface area contributed by atoms with Crippen LogP contribution in [0.1, 0.15) is 46.8 Å². The summed E-state index contributed by atoms with van der Waals surface area (Å²) in [6.07, 6.45) is 3.06. The van der Waals surface area contributed by atoms with Crippen LogP contribution in [0.15, 0.2) is 12.1 Å². The molecule has 0 amide bonds. The van der Waals surface area contributed by atoms with Gasteiger partial charge in [0.05, 0.1) is 5.56 Å². The highest BCUT2D eigenvalue weighted by Crippen LogP contribution is 2.40. The molecule has 4 nitrogen and oxygen atoms in total. The molecule has 1 aromatic carbocycles.